The summed E-state index contributed by atoms with van der Waals surface area (Å²) in [4.78, 5) is 21.7. The molecule has 0 spiro atoms. The van der Waals surface area contributed by atoms with Crippen molar-refractivity contribution < 1.29 is 9.72 Å². The van der Waals surface area contributed by atoms with Crippen LogP contribution in [0, 0.1) is 10.1 Å². The molecule has 0 aliphatic carbocycles. The highest BCUT2D eigenvalue weighted by atomic mass is 32.2. The van der Waals surface area contributed by atoms with Crippen LogP contribution >= 0.6 is 11.8 Å². The van der Waals surface area contributed by atoms with Gasteiger partial charge in [0.25, 0.3) is 5.69 Å². The van der Waals surface area contributed by atoms with Crippen LogP contribution in [-0.2, 0) is 4.79 Å². The zero-order chi connectivity index (χ0) is 12.3. The van der Waals surface area contributed by atoms with Gasteiger partial charge in [0.2, 0.25) is 5.91 Å². The van der Waals surface area contributed by atoms with Gasteiger partial charge in [-0.1, -0.05) is 0 Å². The highest BCUT2D eigenvalue weighted by molar-refractivity contribution is 8.00. The van der Waals surface area contributed by atoms with E-state index in [1.165, 1.54) is 24.3 Å². The number of thioether (sulfide) groups is 1. The van der Waals surface area contributed by atoms with Crippen LogP contribution < -0.4 is 10.6 Å². The van der Waals surface area contributed by atoms with Crippen molar-refractivity contribution in [2.45, 2.75) is 5.25 Å². The molecule has 0 saturated carbocycles. The standard InChI is InChI=1S/C10H11N3O3S/c14-10(9-5-11-6-17-9)12-7-1-3-8(4-2-7)13(15)16/h1-4,9,11H,5-6H2,(H,12,14)/t9-/m1/s1. The van der Waals surface area contributed by atoms with E-state index < -0.39 is 4.92 Å². The van der Waals surface area contributed by atoms with E-state index >= 15 is 0 Å². The van der Waals surface area contributed by atoms with E-state index in [9.17, 15) is 14.9 Å². The first-order valence-corrected chi connectivity index (χ1v) is 6.09. The van der Waals surface area contributed by atoms with Crippen LogP contribution in [-0.4, -0.2) is 28.5 Å². The average molecular weight is 253 g/mol. The maximum absolute atomic E-state index is 11.7. The Balaban J connectivity index is 1.98. The van der Waals surface area contributed by atoms with E-state index in [0.29, 0.717) is 12.2 Å². The van der Waals surface area contributed by atoms with E-state index in [2.05, 4.69) is 10.6 Å². The third-order valence-electron chi connectivity index (χ3n) is 2.35. The first-order chi connectivity index (χ1) is 8.16. The van der Waals surface area contributed by atoms with Crippen molar-refractivity contribution in [1.29, 1.82) is 0 Å². The summed E-state index contributed by atoms with van der Waals surface area (Å²) >= 11 is 1.55. The molecule has 1 aliphatic rings. The molecule has 1 saturated heterocycles. The largest absolute Gasteiger partial charge is 0.325 e. The van der Waals surface area contributed by atoms with Crippen LogP contribution in [0.4, 0.5) is 11.4 Å². The Morgan fingerprint density at radius 1 is 1.47 bits per heavy atom. The lowest BCUT2D eigenvalue weighted by Crippen LogP contribution is -2.28. The lowest BCUT2D eigenvalue weighted by atomic mass is 10.2. The Labute approximate surface area is 102 Å². The lowest BCUT2D eigenvalue weighted by molar-refractivity contribution is -0.384. The van der Waals surface area contributed by atoms with Gasteiger partial charge >= 0.3 is 0 Å². The summed E-state index contributed by atoms with van der Waals surface area (Å²) in [6.45, 7) is 0.656. The molecule has 1 aromatic carbocycles. The summed E-state index contributed by atoms with van der Waals surface area (Å²) in [5.41, 5.74) is 0.591. The first kappa shape index (κ1) is 11.9. The van der Waals surface area contributed by atoms with Crippen molar-refractivity contribution in [3.8, 4) is 0 Å². The molecule has 0 unspecified atom stereocenters. The molecule has 17 heavy (non-hydrogen) atoms. The summed E-state index contributed by atoms with van der Waals surface area (Å²) in [6.07, 6.45) is 0. The Morgan fingerprint density at radius 2 is 2.18 bits per heavy atom. The number of amides is 1. The topological polar surface area (TPSA) is 84.3 Å². The molecule has 1 atom stereocenters. The van der Waals surface area contributed by atoms with Gasteiger partial charge in [0, 0.05) is 30.2 Å². The molecule has 7 heteroatoms. The minimum absolute atomic E-state index is 0.0138. The van der Waals surface area contributed by atoms with Crippen molar-refractivity contribution >= 4 is 29.0 Å². The molecule has 0 aromatic heterocycles. The second-order valence-electron chi connectivity index (χ2n) is 3.55. The first-order valence-electron chi connectivity index (χ1n) is 5.04. The zero-order valence-electron chi connectivity index (χ0n) is 8.88. The van der Waals surface area contributed by atoms with Crippen molar-refractivity contribution in [3.05, 3.63) is 34.4 Å². The summed E-state index contributed by atoms with van der Waals surface area (Å²) in [5, 5.41) is 16.2. The number of carbonyl (C=O) groups is 1. The van der Waals surface area contributed by atoms with E-state index in [1.807, 2.05) is 0 Å². The second-order valence-corrected chi connectivity index (χ2v) is 4.74. The molecule has 1 aliphatic heterocycles. The average Bonchev–Trinajstić information content (AvgIpc) is 2.83. The minimum Gasteiger partial charge on any atom is -0.325 e. The number of hydrogen-bond acceptors (Lipinski definition) is 5. The number of benzene rings is 1. The maximum Gasteiger partial charge on any atom is 0.269 e. The van der Waals surface area contributed by atoms with E-state index in [1.54, 1.807) is 11.8 Å². The monoisotopic (exact) mass is 253 g/mol. The summed E-state index contributed by atoms with van der Waals surface area (Å²) in [7, 11) is 0. The molecule has 1 fully saturated rings. The van der Waals surface area contributed by atoms with Gasteiger partial charge in [0.1, 0.15) is 0 Å². The predicted molar refractivity (Wildman–Crippen MR) is 66.0 cm³/mol. The fourth-order valence-corrected chi connectivity index (χ4v) is 2.35. The molecule has 2 N–H and O–H groups in total. The Morgan fingerprint density at radius 3 is 2.71 bits per heavy atom. The molecule has 0 bridgehead atoms. The molecule has 6 nitrogen and oxygen atoms in total. The van der Waals surface area contributed by atoms with Crippen molar-refractivity contribution in [2.24, 2.45) is 0 Å². The zero-order valence-corrected chi connectivity index (χ0v) is 9.70. The van der Waals surface area contributed by atoms with Crippen LogP contribution in [0.15, 0.2) is 24.3 Å². The minimum atomic E-state index is -0.470. The van der Waals surface area contributed by atoms with Gasteiger partial charge in [0.15, 0.2) is 0 Å². The molecule has 90 valence electrons. The second kappa shape index (κ2) is 5.15. The van der Waals surface area contributed by atoms with Crippen LogP contribution in [0.1, 0.15) is 0 Å². The van der Waals surface area contributed by atoms with Crippen LogP contribution in [0.25, 0.3) is 0 Å². The highest BCUT2D eigenvalue weighted by Crippen LogP contribution is 2.19. The van der Waals surface area contributed by atoms with Crippen molar-refractivity contribution in [1.82, 2.24) is 5.32 Å². The van der Waals surface area contributed by atoms with Crippen LogP contribution in [0.3, 0.4) is 0 Å². The third kappa shape index (κ3) is 2.95. The summed E-state index contributed by atoms with van der Waals surface area (Å²) in [5.74, 6) is 0.701. The number of nitro benzene ring substituents is 1. The summed E-state index contributed by atoms with van der Waals surface area (Å²) in [6, 6.07) is 5.80. The number of rotatable bonds is 3. The number of carbonyl (C=O) groups excluding carboxylic acids is 1. The number of non-ortho nitro benzene ring substituents is 1. The van der Waals surface area contributed by atoms with Crippen LogP contribution in [0.5, 0.6) is 0 Å². The third-order valence-corrected chi connectivity index (χ3v) is 3.51. The summed E-state index contributed by atoms with van der Waals surface area (Å²) < 4.78 is 0. The SMILES string of the molecule is O=C(Nc1ccc([N+](=O)[O-])cc1)[C@H]1CNCS1. The van der Waals surface area contributed by atoms with Gasteiger partial charge in [-0.15, -0.1) is 11.8 Å². The van der Waals surface area contributed by atoms with Gasteiger partial charge in [-0.2, -0.15) is 0 Å². The maximum atomic E-state index is 11.7. The fourth-order valence-electron chi connectivity index (χ4n) is 1.47. The van der Waals surface area contributed by atoms with Crippen molar-refractivity contribution in [2.75, 3.05) is 17.7 Å². The van der Waals surface area contributed by atoms with E-state index in [4.69, 9.17) is 0 Å². The Hall–Kier alpha value is -1.60. The number of nitrogens with zero attached hydrogens (tertiary/aromatic N) is 1. The predicted octanol–water partition coefficient (Wildman–Crippen LogP) is 1.20. The fraction of sp³-hybridized carbons (Fsp3) is 0.300. The van der Waals surface area contributed by atoms with Crippen molar-refractivity contribution in [3.63, 3.8) is 0 Å². The Kier molecular flexibility index (Phi) is 3.60. The number of hydrogen-bond donors (Lipinski definition) is 2. The highest BCUT2D eigenvalue weighted by Gasteiger charge is 2.23. The number of nitrogens with one attached hydrogen (secondary N) is 2. The molecule has 1 heterocycles. The lowest BCUT2D eigenvalue weighted by Gasteiger charge is -2.08. The normalized spacial score (nSPS) is 18.9. The molecule has 1 aromatic rings. The molecule has 1 amide bonds. The van der Waals surface area contributed by atoms with Gasteiger partial charge in [-0.05, 0) is 12.1 Å². The van der Waals surface area contributed by atoms with Crippen LogP contribution in [0.2, 0.25) is 0 Å². The molecule has 0 radical (unpaired) electrons. The van der Waals surface area contributed by atoms with Gasteiger partial charge in [-0.25, -0.2) is 0 Å². The number of anilines is 1. The quantitative estimate of drug-likeness (QED) is 0.624. The molecular formula is C10H11N3O3S. The van der Waals surface area contributed by atoms with Gasteiger partial charge in [-0.3, -0.25) is 14.9 Å². The van der Waals surface area contributed by atoms with E-state index in [0.717, 1.165) is 5.88 Å². The van der Waals surface area contributed by atoms with Gasteiger partial charge in [0.05, 0.1) is 10.2 Å². The molecule has 2 rings (SSSR count). The van der Waals surface area contributed by atoms with E-state index in [-0.39, 0.29) is 16.8 Å². The van der Waals surface area contributed by atoms with Gasteiger partial charge < -0.3 is 10.6 Å². The smallest absolute Gasteiger partial charge is 0.269 e. The Bertz CT molecular complexity index is 429. The number of nitro groups is 1. The molecular weight excluding hydrogens is 242 g/mol.